The SMILES string of the molecule is CCCC[C@H](Oc1cccc(OC)c1OC)C(=O)O. The maximum absolute atomic E-state index is 11.2. The molecule has 0 amide bonds. The zero-order chi connectivity index (χ0) is 14.3. The second kappa shape index (κ2) is 7.51. The number of hydrogen-bond donors (Lipinski definition) is 1. The van der Waals surface area contributed by atoms with Gasteiger partial charge in [0.1, 0.15) is 0 Å². The fourth-order valence-corrected chi connectivity index (χ4v) is 1.73. The molecule has 5 nitrogen and oxygen atoms in total. The van der Waals surface area contributed by atoms with Crippen molar-refractivity contribution in [2.75, 3.05) is 14.2 Å². The van der Waals surface area contributed by atoms with E-state index >= 15 is 0 Å². The number of aliphatic carboxylic acids is 1. The molecule has 1 rings (SSSR count). The molecular formula is C14H20O5. The molecule has 0 radical (unpaired) electrons. The Hall–Kier alpha value is -1.91. The van der Waals surface area contributed by atoms with Gasteiger partial charge in [-0.15, -0.1) is 0 Å². The van der Waals surface area contributed by atoms with E-state index in [1.54, 1.807) is 18.2 Å². The molecule has 0 bridgehead atoms. The Labute approximate surface area is 113 Å². The van der Waals surface area contributed by atoms with Crippen molar-refractivity contribution in [1.29, 1.82) is 0 Å². The summed E-state index contributed by atoms with van der Waals surface area (Å²) >= 11 is 0. The van der Waals surface area contributed by atoms with Crippen molar-refractivity contribution in [3.63, 3.8) is 0 Å². The molecule has 106 valence electrons. The van der Waals surface area contributed by atoms with Crippen molar-refractivity contribution in [3.8, 4) is 17.2 Å². The maximum Gasteiger partial charge on any atom is 0.344 e. The first-order valence-electron chi connectivity index (χ1n) is 6.24. The zero-order valence-corrected chi connectivity index (χ0v) is 11.5. The monoisotopic (exact) mass is 268 g/mol. The number of methoxy groups -OCH3 is 2. The molecule has 0 aliphatic carbocycles. The lowest BCUT2D eigenvalue weighted by atomic mass is 10.1. The summed E-state index contributed by atoms with van der Waals surface area (Å²) in [6, 6.07) is 5.13. The van der Waals surface area contributed by atoms with Crippen LogP contribution in [0.1, 0.15) is 26.2 Å². The highest BCUT2D eigenvalue weighted by molar-refractivity contribution is 5.73. The fraction of sp³-hybridized carbons (Fsp3) is 0.500. The molecule has 5 heteroatoms. The first-order chi connectivity index (χ1) is 9.13. The number of carboxylic acid groups (broad SMARTS) is 1. The van der Waals surface area contributed by atoms with Gasteiger partial charge in [0.25, 0.3) is 0 Å². The van der Waals surface area contributed by atoms with E-state index in [1.807, 2.05) is 6.92 Å². The van der Waals surface area contributed by atoms with Crippen LogP contribution in [0.3, 0.4) is 0 Å². The Bertz CT molecular complexity index is 416. The van der Waals surface area contributed by atoms with Crippen LogP contribution in [0.4, 0.5) is 0 Å². The predicted molar refractivity (Wildman–Crippen MR) is 71.1 cm³/mol. The lowest BCUT2D eigenvalue weighted by molar-refractivity contribution is -0.145. The molecule has 1 aromatic carbocycles. The van der Waals surface area contributed by atoms with Gasteiger partial charge in [-0.25, -0.2) is 4.79 Å². The molecule has 1 N–H and O–H groups in total. The lowest BCUT2D eigenvalue weighted by Gasteiger charge is -2.18. The smallest absolute Gasteiger partial charge is 0.344 e. The number of carbonyl (C=O) groups is 1. The van der Waals surface area contributed by atoms with Crippen molar-refractivity contribution in [3.05, 3.63) is 18.2 Å². The first kappa shape index (κ1) is 15.1. The van der Waals surface area contributed by atoms with Crippen molar-refractivity contribution in [2.45, 2.75) is 32.3 Å². The van der Waals surface area contributed by atoms with Crippen LogP contribution < -0.4 is 14.2 Å². The Morgan fingerprint density at radius 3 is 2.47 bits per heavy atom. The first-order valence-corrected chi connectivity index (χ1v) is 6.24. The normalized spacial score (nSPS) is 11.7. The van der Waals surface area contributed by atoms with Crippen LogP contribution in [0, 0.1) is 0 Å². The van der Waals surface area contributed by atoms with Crippen LogP contribution in [0.5, 0.6) is 17.2 Å². The molecule has 0 unspecified atom stereocenters. The number of rotatable bonds is 8. The summed E-state index contributed by atoms with van der Waals surface area (Å²) < 4.78 is 15.9. The molecule has 0 heterocycles. The second-order valence-corrected chi connectivity index (χ2v) is 4.08. The van der Waals surface area contributed by atoms with Gasteiger partial charge in [0.2, 0.25) is 5.75 Å². The van der Waals surface area contributed by atoms with Gasteiger partial charge in [-0.3, -0.25) is 0 Å². The summed E-state index contributed by atoms with van der Waals surface area (Å²) in [5.41, 5.74) is 0. The Balaban J connectivity index is 2.92. The van der Waals surface area contributed by atoms with E-state index in [0.717, 1.165) is 12.8 Å². The third-order valence-electron chi connectivity index (χ3n) is 2.73. The molecule has 19 heavy (non-hydrogen) atoms. The van der Waals surface area contributed by atoms with Crippen molar-refractivity contribution in [1.82, 2.24) is 0 Å². The molecule has 1 aromatic rings. The van der Waals surface area contributed by atoms with E-state index in [9.17, 15) is 4.79 Å². The lowest BCUT2D eigenvalue weighted by Crippen LogP contribution is -2.27. The van der Waals surface area contributed by atoms with E-state index in [0.29, 0.717) is 23.7 Å². The van der Waals surface area contributed by atoms with Crippen LogP contribution >= 0.6 is 0 Å². The molecule has 0 saturated carbocycles. The van der Waals surface area contributed by atoms with Crippen LogP contribution in [-0.4, -0.2) is 31.4 Å². The predicted octanol–water partition coefficient (Wildman–Crippen LogP) is 2.73. The third-order valence-corrected chi connectivity index (χ3v) is 2.73. The second-order valence-electron chi connectivity index (χ2n) is 4.08. The standard InChI is InChI=1S/C14H20O5/c1-4-5-7-12(14(15)16)19-11-9-6-8-10(17-2)13(11)18-3/h6,8-9,12H,4-5,7H2,1-3H3,(H,15,16)/t12-/m0/s1. The van der Waals surface area contributed by atoms with E-state index in [-0.39, 0.29) is 0 Å². The van der Waals surface area contributed by atoms with Gasteiger partial charge in [-0.1, -0.05) is 19.4 Å². The van der Waals surface area contributed by atoms with Crippen LogP contribution in [0.15, 0.2) is 18.2 Å². The van der Waals surface area contributed by atoms with Gasteiger partial charge in [0.15, 0.2) is 17.6 Å². The quantitative estimate of drug-likeness (QED) is 0.785. The minimum atomic E-state index is -0.974. The average Bonchev–Trinajstić information content (AvgIpc) is 2.42. The summed E-state index contributed by atoms with van der Waals surface area (Å²) in [6.45, 7) is 2.00. The van der Waals surface area contributed by atoms with Crippen molar-refractivity contribution < 1.29 is 24.1 Å². The number of benzene rings is 1. The van der Waals surface area contributed by atoms with Crippen molar-refractivity contribution >= 4 is 5.97 Å². The molecule has 0 fully saturated rings. The minimum absolute atomic E-state index is 0.380. The molecule has 0 saturated heterocycles. The molecule has 0 aliphatic rings. The summed E-state index contributed by atoms with van der Waals surface area (Å²) in [7, 11) is 3.01. The van der Waals surface area contributed by atoms with Crippen LogP contribution in [0.2, 0.25) is 0 Å². The fourth-order valence-electron chi connectivity index (χ4n) is 1.73. The highest BCUT2D eigenvalue weighted by Gasteiger charge is 2.21. The van der Waals surface area contributed by atoms with Gasteiger partial charge in [-0.2, -0.15) is 0 Å². The van der Waals surface area contributed by atoms with Crippen LogP contribution in [-0.2, 0) is 4.79 Å². The topological polar surface area (TPSA) is 65.0 Å². The summed E-state index contributed by atoms with van der Waals surface area (Å²) in [6.07, 6.45) is 1.30. The molecular weight excluding hydrogens is 248 g/mol. The number of carboxylic acids is 1. The zero-order valence-electron chi connectivity index (χ0n) is 11.5. The summed E-state index contributed by atoms with van der Waals surface area (Å²) in [5, 5.41) is 9.15. The van der Waals surface area contributed by atoms with E-state index in [4.69, 9.17) is 19.3 Å². The van der Waals surface area contributed by atoms with Crippen molar-refractivity contribution in [2.24, 2.45) is 0 Å². The minimum Gasteiger partial charge on any atom is -0.493 e. The highest BCUT2D eigenvalue weighted by atomic mass is 16.5. The number of unbranched alkanes of at least 4 members (excludes halogenated alkanes) is 1. The Morgan fingerprint density at radius 2 is 1.95 bits per heavy atom. The number of ether oxygens (including phenoxy) is 3. The maximum atomic E-state index is 11.2. The van der Waals surface area contributed by atoms with E-state index < -0.39 is 12.1 Å². The molecule has 0 spiro atoms. The van der Waals surface area contributed by atoms with Gasteiger partial charge >= 0.3 is 5.97 Å². The summed E-state index contributed by atoms with van der Waals surface area (Å²) in [4.78, 5) is 11.2. The molecule has 0 aromatic heterocycles. The highest BCUT2D eigenvalue weighted by Crippen LogP contribution is 2.37. The Kier molecular flexibility index (Phi) is 5.99. The number of hydrogen-bond acceptors (Lipinski definition) is 4. The van der Waals surface area contributed by atoms with Crippen LogP contribution in [0.25, 0.3) is 0 Å². The number of para-hydroxylation sites is 1. The summed E-state index contributed by atoms with van der Waals surface area (Å²) in [5.74, 6) is 0.330. The average molecular weight is 268 g/mol. The van der Waals surface area contributed by atoms with Gasteiger partial charge < -0.3 is 19.3 Å². The third kappa shape index (κ3) is 4.05. The van der Waals surface area contributed by atoms with E-state index in [2.05, 4.69) is 0 Å². The Morgan fingerprint density at radius 1 is 1.26 bits per heavy atom. The van der Waals surface area contributed by atoms with Gasteiger partial charge in [0.05, 0.1) is 14.2 Å². The molecule has 0 aliphatic heterocycles. The van der Waals surface area contributed by atoms with E-state index in [1.165, 1.54) is 14.2 Å². The largest absolute Gasteiger partial charge is 0.493 e. The van der Waals surface area contributed by atoms with Gasteiger partial charge in [-0.05, 0) is 25.0 Å². The molecule has 1 atom stereocenters. The van der Waals surface area contributed by atoms with Gasteiger partial charge in [0, 0.05) is 0 Å².